The molecule has 0 N–H and O–H groups in total. The van der Waals surface area contributed by atoms with Crippen molar-refractivity contribution in [2.24, 2.45) is 5.92 Å². The molecule has 0 spiro atoms. The van der Waals surface area contributed by atoms with Gasteiger partial charge in [-0.1, -0.05) is 6.92 Å². The van der Waals surface area contributed by atoms with Crippen LogP contribution in [0.5, 0.6) is 0 Å². The predicted molar refractivity (Wildman–Crippen MR) is 60.8 cm³/mol. The first-order chi connectivity index (χ1) is 7.18. The molecule has 3 nitrogen and oxygen atoms in total. The number of urea groups is 1. The van der Waals surface area contributed by atoms with Crippen molar-refractivity contribution in [3.63, 3.8) is 0 Å². The van der Waals surface area contributed by atoms with E-state index in [-0.39, 0.29) is 6.03 Å². The zero-order valence-corrected chi connectivity index (χ0v) is 9.91. The van der Waals surface area contributed by atoms with Gasteiger partial charge in [0.25, 0.3) is 0 Å². The molecule has 0 radical (unpaired) electrons. The number of carbonyl (C=O) groups excluding carboxylic acids is 1. The lowest BCUT2D eigenvalue weighted by Gasteiger charge is -2.39. The topological polar surface area (TPSA) is 23.6 Å². The third-order valence-corrected chi connectivity index (χ3v) is 3.98. The van der Waals surface area contributed by atoms with E-state index < -0.39 is 0 Å². The van der Waals surface area contributed by atoms with Crippen LogP contribution in [0.25, 0.3) is 0 Å². The lowest BCUT2D eigenvalue weighted by molar-refractivity contribution is 0.109. The summed E-state index contributed by atoms with van der Waals surface area (Å²) in [7, 11) is 1.96. The van der Waals surface area contributed by atoms with Gasteiger partial charge in [-0.3, -0.25) is 0 Å². The second-order valence-corrected chi connectivity index (χ2v) is 5.15. The van der Waals surface area contributed by atoms with Crippen LogP contribution in [-0.4, -0.2) is 42.0 Å². The van der Waals surface area contributed by atoms with Crippen LogP contribution in [0.1, 0.15) is 39.0 Å². The molecular weight excluding hydrogens is 188 g/mol. The second-order valence-electron chi connectivity index (χ2n) is 5.15. The van der Waals surface area contributed by atoms with E-state index in [0.29, 0.717) is 6.04 Å². The molecule has 1 saturated heterocycles. The molecule has 15 heavy (non-hydrogen) atoms. The van der Waals surface area contributed by atoms with Gasteiger partial charge >= 0.3 is 6.03 Å². The van der Waals surface area contributed by atoms with Gasteiger partial charge in [-0.2, -0.15) is 0 Å². The predicted octanol–water partition coefficient (Wildman–Crippen LogP) is 2.32. The highest BCUT2D eigenvalue weighted by atomic mass is 16.2. The van der Waals surface area contributed by atoms with E-state index in [0.717, 1.165) is 19.0 Å². The Morgan fingerprint density at radius 1 is 1.20 bits per heavy atom. The molecule has 0 unspecified atom stereocenters. The molecule has 1 aliphatic heterocycles. The van der Waals surface area contributed by atoms with Crippen LogP contribution in [0.4, 0.5) is 4.79 Å². The molecule has 0 aromatic heterocycles. The maximum atomic E-state index is 12.1. The van der Waals surface area contributed by atoms with Gasteiger partial charge < -0.3 is 9.80 Å². The highest BCUT2D eigenvalue weighted by Gasteiger charge is 2.29. The normalized spacial score (nSPS) is 23.7. The highest BCUT2D eigenvalue weighted by molar-refractivity contribution is 5.74. The van der Waals surface area contributed by atoms with Gasteiger partial charge in [0.15, 0.2) is 0 Å². The lowest BCUT2D eigenvalue weighted by Crippen LogP contribution is -2.50. The van der Waals surface area contributed by atoms with E-state index in [1.54, 1.807) is 0 Å². The average molecular weight is 210 g/mol. The Bertz CT molecular complexity index is 230. The van der Waals surface area contributed by atoms with Crippen molar-refractivity contribution in [1.82, 2.24) is 9.80 Å². The van der Waals surface area contributed by atoms with Crippen LogP contribution in [0.15, 0.2) is 0 Å². The largest absolute Gasteiger partial charge is 0.325 e. The Hall–Kier alpha value is -0.730. The molecule has 2 rings (SSSR count). The van der Waals surface area contributed by atoms with E-state index in [1.165, 1.54) is 32.1 Å². The third-order valence-electron chi connectivity index (χ3n) is 3.98. The van der Waals surface area contributed by atoms with Gasteiger partial charge in [-0.15, -0.1) is 0 Å². The molecule has 86 valence electrons. The summed E-state index contributed by atoms with van der Waals surface area (Å²) < 4.78 is 0. The molecule has 2 aliphatic rings. The van der Waals surface area contributed by atoms with Crippen LogP contribution in [-0.2, 0) is 0 Å². The smallest absolute Gasteiger partial charge is 0.319 e. The van der Waals surface area contributed by atoms with Crippen LogP contribution >= 0.6 is 0 Å². The van der Waals surface area contributed by atoms with Crippen LogP contribution in [0.3, 0.4) is 0 Å². The third kappa shape index (κ3) is 2.27. The fraction of sp³-hybridized carbons (Fsp3) is 0.917. The summed E-state index contributed by atoms with van der Waals surface area (Å²) in [6.45, 7) is 4.19. The fourth-order valence-corrected chi connectivity index (χ4v) is 2.35. The van der Waals surface area contributed by atoms with E-state index in [1.807, 2.05) is 16.8 Å². The highest BCUT2D eigenvalue weighted by Crippen LogP contribution is 2.25. The second kappa shape index (κ2) is 4.42. The van der Waals surface area contributed by atoms with Gasteiger partial charge in [0.2, 0.25) is 0 Å². The average Bonchev–Trinajstić information content (AvgIpc) is 2.15. The SMILES string of the molecule is CC1CCN(C(=O)N(C)C2CCC2)CC1. The molecule has 0 atom stereocenters. The van der Waals surface area contributed by atoms with Crippen LogP contribution in [0.2, 0.25) is 0 Å². The monoisotopic (exact) mass is 210 g/mol. The first kappa shape index (κ1) is 10.8. The Kier molecular flexibility index (Phi) is 3.17. The van der Waals surface area contributed by atoms with Crippen molar-refractivity contribution in [2.45, 2.75) is 45.1 Å². The maximum absolute atomic E-state index is 12.1. The molecule has 2 amide bonds. The zero-order valence-electron chi connectivity index (χ0n) is 9.91. The molecule has 1 heterocycles. The van der Waals surface area contributed by atoms with Gasteiger partial charge in [0, 0.05) is 26.2 Å². The van der Waals surface area contributed by atoms with Crippen molar-refractivity contribution < 1.29 is 4.79 Å². The molecule has 1 aliphatic carbocycles. The summed E-state index contributed by atoms with van der Waals surface area (Å²) in [5.41, 5.74) is 0. The van der Waals surface area contributed by atoms with E-state index in [2.05, 4.69) is 6.92 Å². The number of hydrogen-bond acceptors (Lipinski definition) is 1. The molecule has 0 aromatic rings. The van der Waals surface area contributed by atoms with Crippen LogP contribution < -0.4 is 0 Å². The molecular formula is C12H22N2O. The Morgan fingerprint density at radius 2 is 1.80 bits per heavy atom. The zero-order chi connectivity index (χ0) is 10.8. The maximum Gasteiger partial charge on any atom is 0.319 e. The summed E-state index contributed by atoms with van der Waals surface area (Å²) in [5, 5.41) is 0. The summed E-state index contributed by atoms with van der Waals surface area (Å²) in [6, 6.07) is 0.781. The van der Waals surface area contributed by atoms with Gasteiger partial charge in [0.05, 0.1) is 0 Å². The lowest BCUT2D eigenvalue weighted by atomic mass is 9.92. The van der Waals surface area contributed by atoms with Crippen LogP contribution in [0, 0.1) is 5.92 Å². The van der Waals surface area contributed by atoms with Crippen molar-refractivity contribution in [1.29, 1.82) is 0 Å². The number of carbonyl (C=O) groups is 1. The van der Waals surface area contributed by atoms with Gasteiger partial charge in [-0.05, 0) is 38.0 Å². The number of amides is 2. The quantitative estimate of drug-likeness (QED) is 0.651. The van der Waals surface area contributed by atoms with Crippen molar-refractivity contribution in [3.05, 3.63) is 0 Å². The Balaban J connectivity index is 1.84. The van der Waals surface area contributed by atoms with E-state index in [9.17, 15) is 4.79 Å². The number of likely N-dealkylation sites (tertiary alicyclic amines) is 1. The standard InChI is InChI=1S/C12H22N2O/c1-10-6-8-14(9-7-10)12(15)13(2)11-4-3-5-11/h10-11H,3-9H2,1-2H3. The molecule has 0 bridgehead atoms. The fourth-order valence-electron chi connectivity index (χ4n) is 2.35. The van der Waals surface area contributed by atoms with Crippen molar-refractivity contribution in [2.75, 3.05) is 20.1 Å². The first-order valence-corrected chi connectivity index (χ1v) is 6.20. The number of rotatable bonds is 1. The minimum absolute atomic E-state index is 0.256. The summed E-state index contributed by atoms with van der Waals surface area (Å²) in [6.07, 6.45) is 6.03. The van der Waals surface area contributed by atoms with Gasteiger partial charge in [0.1, 0.15) is 0 Å². The number of hydrogen-bond donors (Lipinski definition) is 0. The first-order valence-electron chi connectivity index (χ1n) is 6.20. The van der Waals surface area contributed by atoms with Crippen molar-refractivity contribution in [3.8, 4) is 0 Å². The summed E-state index contributed by atoms with van der Waals surface area (Å²) in [5.74, 6) is 0.794. The molecule has 1 saturated carbocycles. The number of piperidine rings is 1. The molecule has 0 aromatic carbocycles. The Labute approximate surface area is 92.4 Å². The minimum atomic E-state index is 0.256. The number of nitrogens with zero attached hydrogens (tertiary/aromatic N) is 2. The summed E-state index contributed by atoms with van der Waals surface area (Å²) >= 11 is 0. The summed E-state index contributed by atoms with van der Waals surface area (Å²) in [4.78, 5) is 16.1. The minimum Gasteiger partial charge on any atom is -0.325 e. The molecule has 2 fully saturated rings. The van der Waals surface area contributed by atoms with E-state index in [4.69, 9.17) is 0 Å². The van der Waals surface area contributed by atoms with E-state index >= 15 is 0 Å². The van der Waals surface area contributed by atoms with Gasteiger partial charge in [-0.25, -0.2) is 4.79 Å². The Morgan fingerprint density at radius 3 is 2.27 bits per heavy atom. The van der Waals surface area contributed by atoms with Crippen molar-refractivity contribution >= 4 is 6.03 Å². The molecule has 3 heteroatoms.